The number of alkyl carbamates (subject to hydrolysis) is 2. The summed E-state index contributed by atoms with van der Waals surface area (Å²) >= 11 is 4.34. The number of rotatable bonds is 16. The molecule has 6 N–H and O–H groups in total. The molecule has 12 atom stereocenters. The van der Waals surface area contributed by atoms with Gasteiger partial charge in [-0.15, -0.1) is 12.8 Å². The van der Waals surface area contributed by atoms with Gasteiger partial charge in [-0.2, -0.15) is 0 Å². The molecular formula is C82H106I2N16O12. The molecule has 8 amide bonds. The van der Waals surface area contributed by atoms with Crippen molar-refractivity contribution in [3.05, 3.63) is 138 Å². The third kappa shape index (κ3) is 23.5. The molecule has 0 aliphatic carbocycles. The number of halogens is 2. The molecule has 4 fully saturated rings. The van der Waals surface area contributed by atoms with Crippen LogP contribution in [-0.2, 0) is 38.1 Å². The van der Waals surface area contributed by atoms with Crippen LogP contribution in [0.25, 0.3) is 0 Å². The van der Waals surface area contributed by atoms with Crippen LogP contribution in [0.5, 0.6) is 0 Å². The Balaban J connectivity index is 0.000000249. The van der Waals surface area contributed by atoms with Crippen molar-refractivity contribution in [2.45, 2.75) is 157 Å². The fraction of sp³-hybridized carbons (Fsp3) is 0.512. The van der Waals surface area contributed by atoms with E-state index < -0.39 is 48.5 Å². The van der Waals surface area contributed by atoms with Crippen molar-refractivity contribution in [3.63, 3.8) is 0 Å². The fourth-order valence-corrected chi connectivity index (χ4v) is 15.1. The number of methoxy groups -OCH3 is 4. The Hall–Kier alpha value is -10.1. The van der Waals surface area contributed by atoms with Gasteiger partial charge >= 0.3 is 24.4 Å². The Kier molecular flexibility index (Phi) is 33.0. The van der Waals surface area contributed by atoms with Crippen LogP contribution in [0.15, 0.2) is 73.3 Å². The summed E-state index contributed by atoms with van der Waals surface area (Å²) < 4.78 is 21.0. The van der Waals surface area contributed by atoms with Gasteiger partial charge in [-0.1, -0.05) is 107 Å². The van der Waals surface area contributed by atoms with Crippen molar-refractivity contribution in [2.24, 2.45) is 47.3 Å². The summed E-state index contributed by atoms with van der Waals surface area (Å²) in [7, 11) is 8.41. The lowest BCUT2D eigenvalue weighted by Crippen LogP contribution is -2.52. The van der Waals surface area contributed by atoms with Gasteiger partial charge in [-0.25, -0.2) is 39.1 Å². The zero-order chi connectivity index (χ0) is 82.5. The largest absolute Gasteiger partial charge is 0.453 e. The first-order chi connectivity index (χ1) is 53.1. The van der Waals surface area contributed by atoms with Crippen molar-refractivity contribution >= 4 is 93.2 Å². The maximum absolute atomic E-state index is 13.8. The third-order valence-corrected chi connectivity index (χ3v) is 20.9. The van der Waals surface area contributed by atoms with E-state index >= 15 is 0 Å². The predicted molar refractivity (Wildman–Crippen MR) is 439 cm³/mol. The zero-order valence-electron chi connectivity index (χ0n) is 67.1. The first kappa shape index (κ1) is 89.1. The molecule has 28 nitrogen and oxygen atoms in total. The highest BCUT2D eigenvalue weighted by molar-refractivity contribution is 14.1. The zero-order valence-corrected chi connectivity index (χ0v) is 71.4. The molecule has 10 rings (SSSR count). The maximum atomic E-state index is 13.8. The summed E-state index contributed by atoms with van der Waals surface area (Å²) in [5, 5.41) is 5.33. The number of nitrogens with one attached hydrogen (secondary N) is 6. The van der Waals surface area contributed by atoms with Crippen LogP contribution in [0, 0.1) is 103 Å². The number of aromatic amines is 4. The van der Waals surface area contributed by atoms with E-state index in [-0.39, 0.29) is 83.3 Å². The molecule has 4 saturated heterocycles. The van der Waals surface area contributed by atoms with Crippen LogP contribution >= 0.6 is 45.2 Å². The molecular weight excluding hydrogens is 1650 g/mol. The molecule has 4 aromatic heterocycles. The molecule has 0 bridgehead atoms. The van der Waals surface area contributed by atoms with Gasteiger partial charge in [0.25, 0.3) is 0 Å². The number of nitrogens with zero attached hydrogens (tertiary/aromatic N) is 10. The molecule has 30 heteroatoms. The predicted octanol–water partition coefficient (Wildman–Crippen LogP) is 11.5. The Labute approximate surface area is 685 Å². The standard InChI is InChI=1S/C41H52N8O6.C16H25IN4O3.C15H23IN4O3.C10H6/c1-24(2)34(46-40(52)54-8)38(50)48-22-26(5)18-32(48)36-42-20-30(44-36)16-14-28-10-12-29(13-11-28)15-17-31-21-43-37(45-31)33-19-27(6)23-49(33)39(51)35(25(3)4)47(7)41(53)55-9;1-9(2)13(20(4)16(23)24-5)15(22)21-8-10(3)6-11(21)14-18-7-12(17)19-14;1-8(2)12(19-15(22)23-4)14(21)20-7-9(3)5-10(20)13-17-6-11(16)18-13;1-3-9-5-7-10(4-2)8-6-9/h10-13,20-21,24-27,32-35H,18-19,22-23H2,1-9H3,(H,42,44)(H,43,45)(H,46,52);7,9-11,13H,6,8H2,1-5H3,(H,18,19);6,8-10,12H,5,7H2,1-4H3,(H,17,18)(H,19,22);1-2,5-8H/t26-,27-,32-,33-,34-,35?;10-,11-,13-;9-,10-,12-;/m000./s1. The third-order valence-electron chi connectivity index (χ3n) is 19.9. The van der Waals surface area contributed by atoms with Crippen LogP contribution < -0.4 is 10.6 Å². The number of hydrogen-bond acceptors (Lipinski definition) is 16. The van der Waals surface area contributed by atoms with Gasteiger partial charge in [0.2, 0.25) is 23.6 Å². The Bertz CT molecular complexity index is 4400. The minimum atomic E-state index is -0.713. The fourth-order valence-electron chi connectivity index (χ4n) is 14.3. The number of carbonyl (C=O) groups is 8. The number of likely N-dealkylation sites (N-methyl/N-ethyl adjacent to an activating group) is 2. The van der Waals surface area contributed by atoms with Crippen molar-refractivity contribution in [1.29, 1.82) is 0 Å². The second-order valence-corrected chi connectivity index (χ2v) is 32.5. The number of imidazole rings is 4. The summed E-state index contributed by atoms with van der Waals surface area (Å²) in [4.78, 5) is 142. The number of aromatic nitrogens is 8. The van der Waals surface area contributed by atoms with Gasteiger partial charge in [-0.3, -0.25) is 29.0 Å². The van der Waals surface area contributed by atoms with E-state index in [9.17, 15) is 38.4 Å². The minimum absolute atomic E-state index is 0.0186. The summed E-state index contributed by atoms with van der Waals surface area (Å²) in [5.41, 5.74) is 4.57. The molecule has 6 aromatic rings. The van der Waals surface area contributed by atoms with E-state index in [1.165, 1.54) is 38.2 Å². The van der Waals surface area contributed by atoms with Gasteiger partial charge in [0.05, 0.1) is 84.8 Å². The minimum Gasteiger partial charge on any atom is -0.453 e. The lowest BCUT2D eigenvalue weighted by atomic mass is 10.0. The van der Waals surface area contributed by atoms with Crippen molar-refractivity contribution in [2.75, 3.05) is 68.7 Å². The quantitative estimate of drug-likeness (QED) is 0.0298. The Morgan fingerprint density at radius 1 is 0.429 bits per heavy atom. The molecule has 0 saturated carbocycles. The molecule has 112 heavy (non-hydrogen) atoms. The van der Waals surface area contributed by atoms with Crippen LogP contribution in [0.1, 0.15) is 190 Å². The van der Waals surface area contributed by atoms with Crippen molar-refractivity contribution < 1.29 is 57.3 Å². The molecule has 1 unspecified atom stereocenters. The highest BCUT2D eigenvalue weighted by atomic mass is 127. The summed E-state index contributed by atoms with van der Waals surface area (Å²) in [6.45, 7) is 26.2. The summed E-state index contributed by atoms with van der Waals surface area (Å²) in [5.74, 6) is 21.1. The molecule has 2 aromatic carbocycles. The van der Waals surface area contributed by atoms with Gasteiger partial charge in [0.15, 0.2) is 0 Å². The van der Waals surface area contributed by atoms with Gasteiger partial charge < -0.3 is 69.1 Å². The highest BCUT2D eigenvalue weighted by Gasteiger charge is 2.46. The monoisotopic (exact) mass is 1760 g/mol. The molecule has 4 aliphatic heterocycles. The van der Waals surface area contributed by atoms with Crippen molar-refractivity contribution in [3.8, 4) is 48.4 Å². The molecule has 0 spiro atoms. The van der Waals surface area contributed by atoms with Crippen molar-refractivity contribution in [1.82, 2.24) is 79.9 Å². The summed E-state index contributed by atoms with van der Waals surface area (Å²) in [6, 6.07) is 11.7. The van der Waals surface area contributed by atoms with E-state index in [2.05, 4.69) is 164 Å². The molecule has 4 aliphatic rings. The number of hydrogen-bond donors (Lipinski definition) is 6. The molecule has 8 heterocycles. The molecule has 0 radical (unpaired) electrons. The first-order valence-electron chi connectivity index (χ1n) is 37.4. The topological polar surface area (TPSA) is 332 Å². The van der Waals surface area contributed by atoms with E-state index in [1.807, 2.05) is 119 Å². The second-order valence-electron chi connectivity index (χ2n) is 30.2. The number of amides is 8. The Morgan fingerprint density at radius 3 is 0.955 bits per heavy atom. The smallest absolute Gasteiger partial charge is 0.409 e. The highest BCUT2D eigenvalue weighted by Crippen LogP contribution is 2.39. The van der Waals surface area contributed by atoms with Crippen LogP contribution in [0.2, 0.25) is 0 Å². The van der Waals surface area contributed by atoms with E-state index in [0.29, 0.717) is 61.1 Å². The average Bonchev–Trinajstić information content (AvgIpc) is 1.65. The van der Waals surface area contributed by atoms with Gasteiger partial charge in [0, 0.05) is 62.5 Å². The lowest BCUT2D eigenvalue weighted by molar-refractivity contribution is -0.139. The number of terminal acetylenes is 2. The number of ether oxygens (including phenoxy) is 4. The first-order valence-corrected chi connectivity index (χ1v) is 39.5. The molecule has 600 valence electrons. The van der Waals surface area contributed by atoms with E-state index in [0.717, 1.165) is 67.0 Å². The SMILES string of the molecule is C#Cc1ccc(C#C)cc1.COC(=O)N(C)[C@H](C(=O)N1C[C@@H](C)C[C@H]1c1ncc(I)[nH]1)C(C)C.COC(=O)N[C@H](C(=O)N1C[C@@H](C)C[C@H]1c1ncc(C#Cc2ccc(C#Cc3cnc([C@@H]4C[C@H](C)CN4C(=O)C(C(C)C)N(C)C(=O)OC)[nH]3)cc2)[nH]1)C(C)C.COC(=O)N[C@H](C(=O)N1C[C@@H](C)C[C@H]1c1ncc(I)[nH]1)C(C)C. The van der Waals surface area contributed by atoms with Gasteiger partial charge in [0.1, 0.15) is 58.9 Å². The van der Waals surface area contributed by atoms with E-state index in [1.54, 1.807) is 43.8 Å². The van der Waals surface area contributed by atoms with Crippen LogP contribution in [0.3, 0.4) is 0 Å². The number of H-pyrrole nitrogens is 4. The van der Waals surface area contributed by atoms with E-state index in [4.69, 9.17) is 27.1 Å². The number of likely N-dealkylation sites (tertiary alicyclic amines) is 4. The Morgan fingerprint density at radius 2 is 0.705 bits per heavy atom. The maximum Gasteiger partial charge on any atom is 0.409 e. The van der Waals surface area contributed by atoms with Crippen LogP contribution in [0.4, 0.5) is 19.2 Å². The summed E-state index contributed by atoms with van der Waals surface area (Å²) in [6.07, 6.45) is 18.1. The van der Waals surface area contributed by atoms with Gasteiger partial charge in [-0.05, 0) is 179 Å². The lowest BCUT2D eigenvalue weighted by Gasteiger charge is -2.34. The second kappa shape index (κ2) is 41.5. The average molecular weight is 1760 g/mol. The van der Waals surface area contributed by atoms with Crippen LogP contribution in [-0.4, -0.2) is 210 Å². The normalized spacial score (nSPS) is 19.9. The number of benzene rings is 2. The number of carbonyl (C=O) groups excluding carboxylic acids is 8.